The normalized spacial score (nSPS) is 11.2. The number of aliphatic carboxylic acids is 1. The van der Waals surface area contributed by atoms with E-state index >= 15 is 0 Å². The first kappa shape index (κ1) is 14.4. The molecular formula is C6H11N2NaO3. The number of amides is 1. The van der Waals surface area contributed by atoms with Crippen LogP contribution < -0.4 is 45.7 Å². The van der Waals surface area contributed by atoms with Gasteiger partial charge in [0.25, 0.3) is 0 Å². The van der Waals surface area contributed by atoms with Crippen LogP contribution in [0.1, 0.15) is 12.8 Å². The molecule has 0 spiro atoms. The van der Waals surface area contributed by atoms with E-state index in [4.69, 9.17) is 5.73 Å². The quantitative estimate of drug-likeness (QED) is 0.424. The number of likely N-dealkylation sites (N-methyl/N-ethyl adjacent to an activating group) is 1. The second-order valence-electron chi connectivity index (χ2n) is 2.13. The molecule has 3 N–H and O–H groups in total. The molecular weight excluding hydrogens is 171 g/mol. The molecule has 0 aromatic rings. The van der Waals surface area contributed by atoms with Gasteiger partial charge in [-0.1, -0.05) is 0 Å². The van der Waals surface area contributed by atoms with Crippen molar-refractivity contribution in [2.24, 2.45) is 5.73 Å². The molecule has 1 amide bonds. The van der Waals surface area contributed by atoms with Crippen molar-refractivity contribution >= 4 is 11.9 Å². The standard InChI is InChI=1S/C6H12N2O3.Na/c1-8-6(11)4(7)2-3-5(9)10;/h4H,2-3,7H2,1H3,(H,8,11)(H,9,10);/q;+1/p-1. The van der Waals surface area contributed by atoms with Crippen LogP contribution in [-0.2, 0) is 9.59 Å². The average molecular weight is 182 g/mol. The van der Waals surface area contributed by atoms with E-state index in [0.29, 0.717) is 0 Å². The molecule has 0 bridgehead atoms. The van der Waals surface area contributed by atoms with Gasteiger partial charge in [0.15, 0.2) is 0 Å². The third-order valence-electron chi connectivity index (χ3n) is 1.24. The van der Waals surface area contributed by atoms with Gasteiger partial charge in [-0.2, -0.15) is 0 Å². The van der Waals surface area contributed by atoms with Gasteiger partial charge in [0.05, 0.1) is 6.04 Å². The zero-order valence-corrected chi connectivity index (χ0v) is 9.29. The molecule has 0 aromatic heterocycles. The SMILES string of the molecule is CNC(=O)C(N)CCC(=O)[O-].[Na+]. The van der Waals surface area contributed by atoms with Crippen molar-refractivity contribution < 1.29 is 44.3 Å². The topological polar surface area (TPSA) is 95.2 Å². The summed E-state index contributed by atoms with van der Waals surface area (Å²) in [6.07, 6.45) is -0.0728. The Morgan fingerprint density at radius 1 is 1.58 bits per heavy atom. The zero-order valence-electron chi connectivity index (χ0n) is 7.29. The van der Waals surface area contributed by atoms with Crippen LogP contribution in [0.3, 0.4) is 0 Å². The molecule has 1 unspecified atom stereocenters. The average Bonchev–Trinajstić information content (AvgIpc) is 1.98. The van der Waals surface area contributed by atoms with E-state index in [9.17, 15) is 14.7 Å². The van der Waals surface area contributed by atoms with Gasteiger partial charge in [-0.05, 0) is 12.8 Å². The van der Waals surface area contributed by atoms with Gasteiger partial charge in [-0.15, -0.1) is 0 Å². The van der Waals surface area contributed by atoms with Crippen molar-refractivity contribution in [2.45, 2.75) is 18.9 Å². The third-order valence-corrected chi connectivity index (χ3v) is 1.24. The summed E-state index contributed by atoms with van der Waals surface area (Å²) in [5.41, 5.74) is 5.27. The number of carbonyl (C=O) groups excluding carboxylic acids is 2. The maximum atomic E-state index is 10.7. The smallest absolute Gasteiger partial charge is 0.550 e. The van der Waals surface area contributed by atoms with Crippen molar-refractivity contribution in [1.29, 1.82) is 0 Å². The molecule has 64 valence electrons. The van der Waals surface area contributed by atoms with E-state index in [1.807, 2.05) is 0 Å². The van der Waals surface area contributed by atoms with Crippen molar-refractivity contribution in [2.75, 3.05) is 7.05 Å². The maximum absolute atomic E-state index is 10.7. The largest absolute Gasteiger partial charge is 1.00 e. The number of hydrogen-bond acceptors (Lipinski definition) is 4. The Morgan fingerprint density at radius 3 is 2.42 bits per heavy atom. The Kier molecular flexibility index (Phi) is 9.07. The van der Waals surface area contributed by atoms with Crippen molar-refractivity contribution in [3.05, 3.63) is 0 Å². The van der Waals surface area contributed by atoms with Crippen LogP contribution >= 0.6 is 0 Å². The van der Waals surface area contributed by atoms with Gasteiger partial charge in [0, 0.05) is 13.0 Å². The Balaban J connectivity index is 0. The predicted molar refractivity (Wildman–Crippen MR) is 36.3 cm³/mol. The van der Waals surface area contributed by atoms with Gasteiger partial charge in [0.1, 0.15) is 0 Å². The number of hydrogen-bond donors (Lipinski definition) is 2. The van der Waals surface area contributed by atoms with E-state index < -0.39 is 12.0 Å². The minimum absolute atomic E-state index is 0. The molecule has 0 aliphatic heterocycles. The van der Waals surface area contributed by atoms with Gasteiger partial charge in [-0.25, -0.2) is 0 Å². The van der Waals surface area contributed by atoms with Crippen molar-refractivity contribution in [3.63, 3.8) is 0 Å². The summed E-state index contributed by atoms with van der Waals surface area (Å²) in [5.74, 6) is -1.55. The summed E-state index contributed by atoms with van der Waals surface area (Å²) < 4.78 is 0. The molecule has 0 heterocycles. The van der Waals surface area contributed by atoms with Gasteiger partial charge in [0.2, 0.25) is 5.91 Å². The van der Waals surface area contributed by atoms with E-state index in [-0.39, 0.29) is 48.3 Å². The zero-order chi connectivity index (χ0) is 8.85. The first-order valence-electron chi connectivity index (χ1n) is 3.25. The summed E-state index contributed by atoms with van der Waals surface area (Å²) in [4.78, 5) is 20.6. The molecule has 0 radical (unpaired) electrons. The first-order chi connectivity index (χ1) is 5.07. The molecule has 0 saturated carbocycles. The molecule has 0 aliphatic rings. The van der Waals surface area contributed by atoms with Crippen LogP contribution in [0.4, 0.5) is 0 Å². The number of carboxylic acid groups (broad SMARTS) is 1. The Morgan fingerprint density at radius 2 is 2.08 bits per heavy atom. The molecule has 0 fully saturated rings. The van der Waals surface area contributed by atoms with Crippen LogP contribution in [0.15, 0.2) is 0 Å². The Labute approximate surface area is 93.0 Å². The predicted octanol–water partition coefficient (Wildman–Crippen LogP) is -5.41. The summed E-state index contributed by atoms with van der Waals surface area (Å²) in [6.45, 7) is 0. The summed E-state index contributed by atoms with van der Waals surface area (Å²) >= 11 is 0. The van der Waals surface area contributed by atoms with Gasteiger partial charge in [-0.3, -0.25) is 4.79 Å². The fourth-order valence-electron chi connectivity index (χ4n) is 0.590. The second kappa shape index (κ2) is 7.54. The van der Waals surface area contributed by atoms with E-state index in [2.05, 4.69) is 5.32 Å². The minimum atomic E-state index is -1.19. The molecule has 0 saturated heterocycles. The number of carboxylic acids is 1. The van der Waals surface area contributed by atoms with Crippen LogP contribution in [0.5, 0.6) is 0 Å². The van der Waals surface area contributed by atoms with E-state index in [0.717, 1.165) is 0 Å². The third kappa shape index (κ3) is 6.60. The van der Waals surface area contributed by atoms with Crippen LogP contribution in [0.25, 0.3) is 0 Å². The van der Waals surface area contributed by atoms with Gasteiger partial charge < -0.3 is 21.0 Å². The van der Waals surface area contributed by atoms with Gasteiger partial charge >= 0.3 is 29.6 Å². The molecule has 0 aliphatic carbocycles. The fraction of sp³-hybridized carbons (Fsp3) is 0.667. The molecule has 6 heteroatoms. The van der Waals surface area contributed by atoms with Crippen LogP contribution in [-0.4, -0.2) is 25.0 Å². The molecule has 5 nitrogen and oxygen atoms in total. The first-order valence-corrected chi connectivity index (χ1v) is 3.25. The fourth-order valence-corrected chi connectivity index (χ4v) is 0.590. The van der Waals surface area contributed by atoms with E-state index in [1.54, 1.807) is 0 Å². The molecule has 1 atom stereocenters. The summed E-state index contributed by atoms with van der Waals surface area (Å²) in [7, 11) is 1.45. The van der Waals surface area contributed by atoms with Crippen LogP contribution in [0.2, 0.25) is 0 Å². The number of carbonyl (C=O) groups is 2. The second-order valence-corrected chi connectivity index (χ2v) is 2.13. The molecule has 12 heavy (non-hydrogen) atoms. The summed E-state index contributed by atoms with van der Waals surface area (Å²) in [5, 5.41) is 12.2. The Bertz CT molecular complexity index is 163. The van der Waals surface area contributed by atoms with Crippen molar-refractivity contribution in [3.8, 4) is 0 Å². The number of nitrogens with two attached hydrogens (primary N) is 1. The number of nitrogens with one attached hydrogen (secondary N) is 1. The van der Waals surface area contributed by atoms with E-state index in [1.165, 1.54) is 7.05 Å². The molecule has 0 aromatic carbocycles. The van der Waals surface area contributed by atoms with Crippen molar-refractivity contribution in [1.82, 2.24) is 5.32 Å². The van der Waals surface area contributed by atoms with Crippen LogP contribution in [0, 0.1) is 0 Å². The summed E-state index contributed by atoms with van der Waals surface area (Å²) in [6, 6.07) is -0.752. The Hall–Kier alpha value is -0.100. The number of rotatable bonds is 4. The minimum Gasteiger partial charge on any atom is -0.550 e. The monoisotopic (exact) mass is 182 g/mol. The molecule has 0 rings (SSSR count). The maximum Gasteiger partial charge on any atom is 1.00 e.